The summed E-state index contributed by atoms with van der Waals surface area (Å²) in [5, 5.41) is 16.7. The Morgan fingerprint density at radius 2 is 2.40 bits per heavy atom. The molecule has 0 radical (unpaired) electrons. The second-order valence-electron chi connectivity index (χ2n) is 3.35. The summed E-state index contributed by atoms with van der Waals surface area (Å²) in [6.45, 7) is 9.29. The highest BCUT2D eigenvalue weighted by Crippen LogP contribution is 2.15. The first-order valence-electron chi connectivity index (χ1n) is 4.80. The summed E-state index contributed by atoms with van der Waals surface area (Å²) in [6, 6.07) is 3.78. The molecule has 78 valence electrons. The fourth-order valence-corrected chi connectivity index (χ4v) is 1.31. The van der Waals surface area contributed by atoms with Crippen LogP contribution >= 0.6 is 0 Å². The molecule has 0 aliphatic rings. The van der Waals surface area contributed by atoms with E-state index in [2.05, 4.69) is 22.8 Å². The van der Waals surface area contributed by atoms with Crippen molar-refractivity contribution in [2.75, 3.05) is 18.0 Å². The lowest BCUT2D eigenvalue weighted by Gasteiger charge is -2.21. The van der Waals surface area contributed by atoms with Gasteiger partial charge in [-0.15, -0.1) is 5.10 Å². The van der Waals surface area contributed by atoms with Crippen molar-refractivity contribution in [3.05, 3.63) is 30.0 Å². The maximum absolute atomic E-state index is 8.93. The van der Waals surface area contributed by atoms with E-state index in [4.69, 9.17) is 5.26 Å². The molecule has 0 saturated carbocycles. The van der Waals surface area contributed by atoms with Gasteiger partial charge in [0, 0.05) is 13.1 Å². The summed E-state index contributed by atoms with van der Waals surface area (Å²) in [5.41, 5.74) is 1.58. The van der Waals surface area contributed by atoms with Gasteiger partial charge < -0.3 is 4.90 Å². The van der Waals surface area contributed by atoms with Crippen molar-refractivity contribution in [2.24, 2.45) is 0 Å². The van der Waals surface area contributed by atoms with Gasteiger partial charge in [-0.1, -0.05) is 12.2 Å². The van der Waals surface area contributed by atoms with Crippen LogP contribution < -0.4 is 4.90 Å². The Hall–Kier alpha value is -1.89. The van der Waals surface area contributed by atoms with E-state index >= 15 is 0 Å². The number of hydrogen-bond donors (Lipinski definition) is 0. The summed E-state index contributed by atoms with van der Waals surface area (Å²) in [7, 11) is 0. The minimum atomic E-state index is 0.549. The van der Waals surface area contributed by atoms with Crippen LogP contribution in [0.3, 0.4) is 0 Å². The lowest BCUT2D eigenvalue weighted by molar-refractivity contribution is 0.833. The summed E-state index contributed by atoms with van der Waals surface area (Å²) in [5.74, 6) is 0.630. The van der Waals surface area contributed by atoms with Crippen molar-refractivity contribution in [2.45, 2.75) is 13.8 Å². The molecule has 0 N–H and O–H groups in total. The molecule has 0 spiro atoms. The van der Waals surface area contributed by atoms with E-state index in [9.17, 15) is 0 Å². The third-order valence-corrected chi connectivity index (χ3v) is 1.96. The van der Waals surface area contributed by atoms with Crippen LogP contribution in [0.4, 0.5) is 5.82 Å². The van der Waals surface area contributed by atoms with Gasteiger partial charge in [0.05, 0.1) is 11.8 Å². The molecule has 15 heavy (non-hydrogen) atoms. The van der Waals surface area contributed by atoms with Crippen molar-refractivity contribution in [3.8, 4) is 6.07 Å². The van der Waals surface area contributed by atoms with Crippen LogP contribution in [0, 0.1) is 11.3 Å². The quantitative estimate of drug-likeness (QED) is 0.698. The number of aromatic nitrogens is 2. The van der Waals surface area contributed by atoms with Crippen molar-refractivity contribution >= 4 is 5.82 Å². The summed E-state index contributed by atoms with van der Waals surface area (Å²) in [4.78, 5) is 1.98. The molecule has 0 bridgehead atoms. The normalized spacial score (nSPS) is 9.40. The van der Waals surface area contributed by atoms with Gasteiger partial charge in [0.25, 0.3) is 0 Å². The molecule has 0 unspecified atom stereocenters. The van der Waals surface area contributed by atoms with Crippen molar-refractivity contribution in [1.82, 2.24) is 10.2 Å². The second kappa shape index (κ2) is 5.11. The topological polar surface area (TPSA) is 52.8 Å². The van der Waals surface area contributed by atoms with Gasteiger partial charge in [-0.3, -0.25) is 0 Å². The predicted molar refractivity (Wildman–Crippen MR) is 59.4 cm³/mol. The van der Waals surface area contributed by atoms with Crippen LogP contribution in [-0.2, 0) is 0 Å². The van der Waals surface area contributed by atoms with E-state index in [1.165, 1.54) is 6.20 Å². The fourth-order valence-electron chi connectivity index (χ4n) is 1.31. The van der Waals surface area contributed by atoms with Crippen LogP contribution in [0.1, 0.15) is 19.4 Å². The highest BCUT2D eigenvalue weighted by atomic mass is 15.3. The van der Waals surface area contributed by atoms with E-state index in [1.54, 1.807) is 6.07 Å². The van der Waals surface area contributed by atoms with Gasteiger partial charge in [0.1, 0.15) is 6.07 Å². The molecule has 1 aromatic heterocycles. The predicted octanol–water partition coefficient (Wildman–Crippen LogP) is 1.75. The molecule has 0 aliphatic carbocycles. The zero-order chi connectivity index (χ0) is 11.3. The van der Waals surface area contributed by atoms with Gasteiger partial charge in [-0.05, 0) is 19.9 Å². The Labute approximate surface area is 89.9 Å². The minimum absolute atomic E-state index is 0.549. The molecular formula is C11H14N4. The number of rotatable bonds is 4. The maximum atomic E-state index is 8.93. The van der Waals surface area contributed by atoms with Crippen molar-refractivity contribution in [3.63, 3.8) is 0 Å². The minimum Gasteiger partial charge on any atom is -0.350 e. The molecule has 0 aliphatic heterocycles. The first-order chi connectivity index (χ1) is 7.19. The van der Waals surface area contributed by atoms with Gasteiger partial charge >= 0.3 is 0 Å². The molecule has 1 aromatic rings. The highest BCUT2D eigenvalue weighted by molar-refractivity contribution is 5.53. The standard InChI is InChI=1S/C11H14N4/c1-4-15(8-9(2)3)11-10(7-12)5-6-13-14-11/h5-6H,2,4,8H2,1,3H3. The third-order valence-electron chi connectivity index (χ3n) is 1.96. The second-order valence-corrected chi connectivity index (χ2v) is 3.35. The Balaban J connectivity index is 3.01. The molecule has 0 aromatic carbocycles. The highest BCUT2D eigenvalue weighted by Gasteiger charge is 2.11. The monoisotopic (exact) mass is 202 g/mol. The van der Waals surface area contributed by atoms with Crippen LogP contribution in [-0.4, -0.2) is 23.3 Å². The fraction of sp³-hybridized carbons (Fsp3) is 0.364. The largest absolute Gasteiger partial charge is 0.350 e. The maximum Gasteiger partial charge on any atom is 0.169 e. The first-order valence-corrected chi connectivity index (χ1v) is 4.80. The van der Waals surface area contributed by atoms with Gasteiger partial charge in [-0.2, -0.15) is 10.4 Å². The van der Waals surface area contributed by atoms with Crippen LogP contribution in [0.5, 0.6) is 0 Å². The summed E-state index contributed by atoms with van der Waals surface area (Å²) < 4.78 is 0. The van der Waals surface area contributed by atoms with Gasteiger partial charge in [0.2, 0.25) is 0 Å². The molecule has 0 atom stereocenters. The zero-order valence-corrected chi connectivity index (χ0v) is 9.06. The van der Waals surface area contributed by atoms with Crippen molar-refractivity contribution < 1.29 is 0 Å². The molecular weight excluding hydrogens is 188 g/mol. The van der Waals surface area contributed by atoms with Gasteiger partial charge in [0.15, 0.2) is 5.82 Å². The van der Waals surface area contributed by atoms with E-state index in [1.807, 2.05) is 18.7 Å². The summed E-state index contributed by atoms with van der Waals surface area (Å²) >= 11 is 0. The number of anilines is 1. The SMILES string of the molecule is C=C(C)CN(CC)c1nnccc1C#N. The lowest BCUT2D eigenvalue weighted by atomic mass is 10.2. The van der Waals surface area contributed by atoms with Crippen LogP contribution in [0.25, 0.3) is 0 Å². The molecule has 4 heteroatoms. The average molecular weight is 202 g/mol. The van der Waals surface area contributed by atoms with Crippen LogP contribution in [0.15, 0.2) is 24.4 Å². The first kappa shape index (κ1) is 11.2. The lowest BCUT2D eigenvalue weighted by Crippen LogP contribution is -2.26. The third kappa shape index (κ3) is 2.78. The Morgan fingerprint density at radius 3 is 2.93 bits per heavy atom. The van der Waals surface area contributed by atoms with Gasteiger partial charge in [-0.25, -0.2) is 0 Å². The average Bonchev–Trinajstić information content (AvgIpc) is 2.25. The molecule has 0 fully saturated rings. The Morgan fingerprint density at radius 1 is 1.67 bits per heavy atom. The van der Waals surface area contributed by atoms with E-state index < -0.39 is 0 Å². The summed E-state index contributed by atoms with van der Waals surface area (Å²) in [6.07, 6.45) is 1.52. The number of nitrogens with zero attached hydrogens (tertiary/aromatic N) is 4. The number of likely N-dealkylation sites (N-methyl/N-ethyl adjacent to an activating group) is 1. The van der Waals surface area contributed by atoms with E-state index in [0.29, 0.717) is 17.9 Å². The molecule has 4 nitrogen and oxygen atoms in total. The van der Waals surface area contributed by atoms with E-state index in [0.717, 1.165) is 12.1 Å². The Kier molecular flexibility index (Phi) is 3.81. The molecule has 0 saturated heterocycles. The van der Waals surface area contributed by atoms with Crippen LogP contribution in [0.2, 0.25) is 0 Å². The zero-order valence-electron chi connectivity index (χ0n) is 9.06. The Bertz CT molecular complexity index is 392. The smallest absolute Gasteiger partial charge is 0.169 e. The van der Waals surface area contributed by atoms with Crippen molar-refractivity contribution in [1.29, 1.82) is 5.26 Å². The number of hydrogen-bond acceptors (Lipinski definition) is 4. The van der Waals surface area contributed by atoms with E-state index in [-0.39, 0.29) is 0 Å². The molecule has 1 heterocycles. The molecule has 1 rings (SSSR count). The molecule has 0 amide bonds. The number of nitriles is 1.